The lowest BCUT2D eigenvalue weighted by Gasteiger charge is -2.29. The predicted molar refractivity (Wildman–Crippen MR) is 73.1 cm³/mol. The summed E-state index contributed by atoms with van der Waals surface area (Å²) in [6, 6.07) is 5.99. The van der Waals surface area contributed by atoms with Crippen molar-refractivity contribution >= 4 is 49.7 Å². The highest BCUT2D eigenvalue weighted by molar-refractivity contribution is 9.09. The molecule has 0 atom stereocenters. The molecule has 0 fully saturated rings. The second kappa shape index (κ2) is 4.56. The molecule has 0 spiro atoms. The molecule has 0 bridgehead atoms. The van der Waals surface area contributed by atoms with Crippen LogP contribution in [0.15, 0.2) is 23.2 Å². The van der Waals surface area contributed by atoms with Gasteiger partial charge >= 0.3 is 0 Å². The fourth-order valence-electron chi connectivity index (χ4n) is 1.65. The topological polar surface area (TPSA) is 12.4 Å². The first-order valence-corrected chi connectivity index (χ1v) is 7.27. The number of benzene rings is 1. The van der Waals surface area contributed by atoms with Crippen LogP contribution in [0, 0.1) is 0 Å². The molecule has 0 saturated heterocycles. The molecular formula is C11H10Br2ClN. The zero-order valence-corrected chi connectivity index (χ0v) is 11.9. The summed E-state index contributed by atoms with van der Waals surface area (Å²) in [5, 5.41) is 2.50. The van der Waals surface area contributed by atoms with E-state index >= 15 is 0 Å². The van der Waals surface area contributed by atoms with E-state index in [1.165, 1.54) is 5.56 Å². The Bertz CT molecular complexity index is 400. The molecule has 1 nitrogen and oxygen atoms in total. The minimum absolute atomic E-state index is 0.0408. The second-order valence-electron chi connectivity index (χ2n) is 3.77. The summed E-state index contributed by atoms with van der Waals surface area (Å²) in [7, 11) is 0. The van der Waals surface area contributed by atoms with Crippen molar-refractivity contribution < 1.29 is 0 Å². The number of halogens is 3. The lowest BCUT2D eigenvalue weighted by molar-refractivity contribution is 0.543. The van der Waals surface area contributed by atoms with Crippen LogP contribution in [-0.4, -0.2) is 22.4 Å². The number of alkyl halides is 2. The third-order valence-electron chi connectivity index (χ3n) is 2.60. The molecule has 80 valence electrons. The monoisotopic (exact) mass is 349 g/mol. The van der Waals surface area contributed by atoms with Crippen molar-refractivity contribution in [3.8, 4) is 0 Å². The molecule has 1 aromatic carbocycles. The van der Waals surface area contributed by atoms with Gasteiger partial charge in [-0.25, -0.2) is 0 Å². The van der Waals surface area contributed by atoms with Crippen LogP contribution < -0.4 is 0 Å². The van der Waals surface area contributed by atoms with E-state index in [-0.39, 0.29) is 5.54 Å². The summed E-state index contributed by atoms with van der Waals surface area (Å²) in [6.07, 6.45) is 2.87. The van der Waals surface area contributed by atoms with E-state index in [9.17, 15) is 0 Å². The molecule has 1 aliphatic heterocycles. The van der Waals surface area contributed by atoms with Crippen LogP contribution in [0.5, 0.6) is 0 Å². The average Bonchev–Trinajstić information content (AvgIpc) is 2.28. The van der Waals surface area contributed by atoms with Crippen LogP contribution in [0.3, 0.4) is 0 Å². The molecule has 1 aromatic rings. The van der Waals surface area contributed by atoms with Crippen LogP contribution in [0.2, 0.25) is 5.02 Å². The van der Waals surface area contributed by atoms with Gasteiger partial charge in [0.25, 0.3) is 0 Å². The molecule has 0 aliphatic carbocycles. The fraction of sp³-hybridized carbons (Fsp3) is 0.364. The van der Waals surface area contributed by atoms with E-state index in [0.717, 1.165) is 27.7 Å². The van der Waals surface area contributed by atoms with Crippen LogP contribution >= 0.6 is 43.5 Å². The lowest BCUT2D eigenvalue weighted by atomic mass is 9.90. The molecule has 1 aliphatic rings. The number of hydrogen-bond donors (Lipinski definition) is 0. The molecular weight excluding hydrogens is 341 g/mol. The molecule has 2 rings (SSSR count). The molecule has 0 saturated carbocycles. The first-order chi connectivity index (χ1) is 7.19. The third kappa shape index (κ3) is 2.29. The average molecular weight is 351 g/mol. The summed E-state index contributed by atoms with van der Waals surface area (Å²) in [6.45, 7) is 0. The molecule has 0 amide bonds. The van der Waals surface area contributed by atoms with Crippen molar-refractivity contribution in [3.63, 3.8) is 0 Å². The Morgan fingerprint density at radius 2 is 2.07 bits per heavy atom. The number of rotatable bonds is 2. The maximum Gasteiger partial charge on any atom is 0.0841 e. The van der Waals surface area contributed by atoms with E-state index in [1.54, 1.807) is 0 Å². The molecule has 0 N–H and O–H groups in total. The highest BCUT2D eigenvalue weighted by atomic mass is 79.9. The Kier molecular flexibility index (Phi) is 3.53. The van der Waals surface area contributed by atoms with Gasteiger partial charge in [-0.1, -0.05) is 49.5 Å². The predicted octanol–water partition coefficient (Wildman–Crippen LogP) is 3.84. The molecule has 1 heterocycles. The van der Waals surface area contributed by atoms with E-state index < -0.39 is 0 Å². The van der Waals surface area contributed by atoms with Crippen LogP contribution in [-0.2, 0) is 6.42 Å². The summed E-state index contributed by atoms with van der Waals surface area (Å²) < 4.78 is 0. The molecule has 4 heteroatoms. The zero-order chi connectivity index (χ0) is 10.9. The van der Waals surface area contributed by atoms with Gasteiger partial charge in [-0.05, 0) is 29.7 Å². The molecule has 15 heavy (non-hydrogen) atoms. The summed E-state index contributed by atoms with van der Waals surface area (Å²) in [5.74, 6) is 0. The maximum absolute atomic E-state index is 5.94. The normalized spacial score (nSPS) is 17.5. The minimum Gasteiger partial charge on any atom is -0.284 e. The first kappa shape index (κ1) is 11.6. The summed E-state index contributed by atoms with van der Waals surface area (Å²) in [5.41, 5.74) is 2.41. The highest BCUT2D eigenvalue weighted by Gasteiger charge is 2.30. The summed E-state index contributed by atoms with van der Waals surface area (Å²) in [4.78, 5) is 4.60. The standard InChI is InChI=1S/C11H10Br2ClN/c12-6-11(7-13)4-8-1-2-10(14)3-9(8)5-15-11/h1-3,5H,4,6-7H2. The van der Waals surface area contributed by atoms with Crippen LogP contribution in [0.4, 0.5) is 0 Å². The largest absolute Gasteiger partial charge is 0.284 e. The van der Waals surface area contributed by atoms with Crippen molar-refractivity contribution in [2.75, 3.05) is 10.7 Å². The van der Waals surface area contributed by atoms with E-state index in [2.05, 4.69) is 42.9 Å². The van der Waals surface area contributed by atoms with Crippen molar-refractivity contribution in [2.45, 2.75) is 12.0 Å². The van der Waals surface area contributed by atoms with Crippen molar-refractivity contribution in [2.24, 2.45) is 4.99 Å². The van der Waals surface area contributed by atoms with Crippen molar-refractivity contribution in [3.05, 3.63) is 34.3 Å². The Morgan fingerprint density at radius 3 is 2.73 bits per heavy atom. The quantitative estimate of drug-likeness (QED) is 0.718. The molecule has 0 radical (unpaired) electrons. The Hall–Kier alpha value is 0.140. The van der Waals surface area contributed by atoms with Gasteiger partial charge in [0.15, 0.2) is 0 Å². The van der Waals surface area contributed by atoms with Crippen LogP contribution in [0.25, 0.3) is 0 Å². The number of fused-ring (bicyclic) bond motifs is 1. The fourth-order valence-corrected chi connectivity index (χ4v) is 3.45. The highest BCUT2D eigenvalue weighted by Crippen LogP contribution is 2.29. The first-order valence-electron chi connectivity index (χ1n) is 4.65. The van der Waals surface area contributed by atoms with E-state index in [1.807, 2.05) is 18.3 Å². The maximum atomic E-state index is 5.94. The second-order valence-corrected chi connectivity index (χ2v) is 5.33. The third-order valence-corrected chi connectivity index (χ3v) is 4.93. The van der Waals surface area contributed by atoms with Crippen LogP contribution in [0.1, 0.15) is 11.1 Å². The Morgan fingerprint density at radius 1 is 1.33 bits per heavy atom. The van der Waals surface area contributed by atoms with Gasteiger partial charge in [0, 0.05) is 21.9 Å². The number of hydrogen-bond acceptors (Lipinski definition) is 1. The summed E-state index contributed by atoms with van der Waals surface area (Å²) >= 11 is 13.0. The van der Waals surface area contributed by atoms with Gasteiger partial charge in [0.1, 0.15) is 0 Å². The molecule has 0 aromatic heterocycles. The number of aliphatic imine (C=N–C) groups is 1. The number of nitrogens with zero attached hydrogens (tertiary/aromatic N) is 1. The van der Waals surface area contributed by atoms with Gasteiger partial charge in [-0.2, -0.15) is 0 Å². The van der Waals surface area contributed by atoms with Gasteiger partial charge < -0.3 is 0 Å². The molecule has 0 unspecified atom stereocenters. The van der Waals surface area contributed by atoms with E-state index in [4.69, 9.17) is 11.6 Å². The van der Waals surface area contributed by atoms with Gasteiger partial charge in [-0.15, -0.1) is 0 Å². The van der Waals surface area contributed by atoms with Crippen molar-refractivity contribution in [1.29, 1.82) is 0 Å². The SMILES string of the molecule is Clc1ccc2c(c1)C=NC(CBr)(CBr)C2. The Balaban J connectivity index is 2.39. The van der Waals surface area contributed by atoms with E-state index in [0.29, 0.717) is 0 Å². The van der Waals surface area contributed by atoms with Gasteiger partial charge in [0.05, 0.1) is 5.54 Å². The lowest BCUT2D eigenvalue weighted by Crippen LogP contribution is -2.36. The Labute approximate surface area is 111 Å². The van der Waals surface area contributed by atoms with Crippen molar-refractivity contribution in [1.82, 2.24) is 0 Å². The van der Waals surface area contributed by atoms with Gasteiger partial charge in [0.2, 0.25) is 0 Å². The zero-order valence-electron chi connectivity index (χ0n) is 8.01. The minimum atomic E-state index is -0.0408. The smallest absolute Gasteiger partial charge is 0.0841 e. The van der Waals surface area contributed by atoms with Gasteiger partial charge in [-0.3, -0.25) is 4.99 Å².